The lowest BCUT2D eigenvalue weighted by Crippen LogP contribution is -2.13. The van der Waals surface area contributed by atoms with Crippen molar-refractivity contribution in [1.29, 1.82) is 0 Å². The van der Waals surface area contributed by atoms with Crippen LogP contribution in [0.25, 0.3) is 0 Å². The fourth-order valence-electron chi connectivity index (χ4n) is 3.43. The molecule has 0 aliphatic heterocycles. The number of hydrogen-bond donors (Lipinski definition) is 1. The Labute approximate surface area is 75.2 Å². The topological polar surface area (TPSA) is 20.2 Å². The summed E-state index contributed by atoms with van der Waals surface area (Å²) >= 11 is 0. The third-order valence-corrected chi connectivity index (χ3v) is 4.84. The third-order valence-electron chi connectivity index (χ3n) is 4.84. The van der Waals surface area contributed by atoms with Gasteiger partial charge in [-0.1, -0.05) is 27.7 Å². The summed E-state index contributed by atoms with van der Waals surface area (Å²) in [5, 5.41) is 9.33. The van der Waals surface area contributed by atoms with Gasteiger partial charge in [0.05, 0.1) is 0 Å². The Kier molecular flexibility index (Phi) is 1.35. The number of aliphatic hydroxyl groups excluding tert-OH is 1. The van der Waals surface area contributed by atoms with Crippen molar-refractivity contribution in [2.45, 2.75) is 40.5 Å². The maximum absolute atomic E-state index is 9.33. The molecule has 70 valence electrons. The molecular weight excluding hydrogens is 148 g/mol. The molecule has 2 saturated carbocycles. The summed E-state index contributed by atoms with van der Waals surface area (Å²) in [6.45, 7) is 9.77. The summed E-state index contributed by atoms with van der Waals surface area (Å²) in [6.07, 6.45) is 2.50. The van der Waals surface area contributed by atoms with E-state index in [1.54, 1.807) is 0 Å². The van der Waals surface area contributed by atoms with Gasteiger partial charge in [-0.15, -0.1) is 0 Å². The van der Waals surface area contributed by atoms with Crippen molar-refractivity contribution in [2.24, 2.45) is 22.2 Å². The Hall–Kier alpha value is -0.0400. The van der Waals surface area contributed by atoms with Crippen molar-refractivity contribution in [3.05, 3.63) is 0 Å². The first-order valence-electron chi connectivity index (χ1n) is 4.99. The summed E-state index contributed by atoms with van der Waals surface area (Å²) in [5.74, 6) is 0.752. The van der Waals surface area contributed by atoms with Crippen molar-refractivity contribution in [3.63, 3.8) is 0 Å². The zero-order valence-electron chi connectivity index (χ0n) is 8.65. The minimum absolute atomic E-state index is 0.326. The SMILES string of the molecule is CC1(C)C(C2(CO)CC2)C1(C)C. The molecule has 12 heavy (non-hydrogen) atoms. The molecule has 1 N–H and O–H groups in total. The molecule has 0 aromatic rings. The highest BCUT2D eigenvalue weighted by Crippen LogP contribution is 2.79. The number of aliphatic hydroxyl groups is 1. The second-order valence-corrected chi connectivity index (χ2v) is 5.90. The van der Waals surface area contributed by atoms with Gasteiger partial charge in [-0.3, -0.25) is 0 Å². The predicted molar refractivity (Wildman–Crippen MR) is 49.8 cm³/mol. The monoisotopic (exact) mass is 168 g/mol. The van der Waals surface area contributed by atoms with E-state index in [2.05, 4.69) is 27.7 Å². The van der Waals surface area contributed by atoms with Crippen LogP contribution in [0.15, 0.2) is 0 Å². The first-order chi connectivity index (χ1) is 5.38. The van der Waals surface area contributed by atoms with Crippen LogP contribution in [-0.2, 0) is 0 Å². The highest BCUT2D eigenvalue weighted by Gasteiger charge is 2.74. The van der Waals surface area contributed by atoms with E-state index in [1.807, 2.05) is 0 Å². The smallest absolute Gasteiger partial charge is 0.0490 e. The quantitative estimate of drug-likeness (QED) is 0.671. The fraction of sp³-hybridized carbons (Fsp3) is 1.00. The normalized spacial score (nSPS) is 34.8. The molecule has 2 aliphatic carbocycles. The van der Waals surface area contributed by atoms with E-state index in [1.165, 1.54) is 12.8 Å². The van der Waals surface area contributed by atoms with Crippen molar-refractivity contribution >= 4 is 0 Å². The van der Waals surface area contributed by atoms with Crippen molar-refractivity contribution in [3.8, 4) is 0 Å². The molecular formula is C11H20O. The summed E-state index contributed by atoms with van der Waals surface area (Å²) in [4.78, 5) is 0. The summed E-state index contributed by atoms with van der Waals surface area (Å²) < 4.78 is 0. The van der Waals surface area contributed by atoms with E-state index < -0.39 is 0 Å². The van der Waals surface area contributed by atoms with Crippen LogP contribution < -0.4 is 0 Å². The number of hydrogen-bond acceptors (Lipinski definition) is 1. The Bertz CT molecular complexity index is 197. The van der Waals surface area contributed by atoms with E-state index in [0.717, 1.165) is 5.92 Å². The largest absolute Gasteiger partial charge is 0.396 e. The van der Waals surface area contributed by atoms with E-state index in [4.69, 9.17) is 0 Å². The number of rotatable bonds is 2. The van der Waals surface area contributed by atoms with Crippen LogP contribution in [0.3, 0.4) is 0 Å². The third kappa shape index (κ3) is 0.736. The van der Waals surface area contributed by atoms with Gasteiger partial charge in [-0.2, -0.15) is 0 Å². The highest BCUT2D eigenvalue weighted by atomic mass is 16.3. The van der Waals surface area contributed by atoms with Crippen LogP contribution in [0.4, 0.5) is 0 Å². The van der Waals surface area contributed by atoms with Gasteiger partial charge in [0.2, 0.25) is 0 Å². The molecule has 0 heterocycles. The van der Waals surface area contributed by atoms with Crippen LogP contribution in [0, 0.1) is 22.2 Å². The second kappa shape index (κ2) is 1.89. The summed E-state index contributed by atoms with van der Waals surface area (Å²) in [5.41, 5.74) is 1.23. The first-order valence-corrected chi connectivity index (χ1v) is 4.99. The van der Waals surface area contributed by atoms with Crippen LogP contribution in [0.2, 0.25) is 0 Å². The Balaban J connectivity index is 2.19. The predicted octanol–water partition coefficient (Wildman–Crippen LogP) is 2.44. The average Bonchev–Trinajstić information content (AvgIpc) is 2.75. The standard InChI is InChI=1S/C11H20O/c1-9(2)8(10(9,3)4)11(7-12)5-6-11/h8,12H,5-7H2,1-4H3. The summed E-state index contributed by atoms with van der Waals surface area (Å²) in [7, 11) is 0. The van der Waals surface area contributed by atoms with E-state index in [0.29, 0.717) is 22.9 Å². The van der Waals surface area contributed by atoms with E-state index in [-0.39, 0.29) is 0 Å². The molecule has 2 fully saturated rings. The van der Waals surface area contributed by atoms with Gasteiger partial charge in [0.1, 0.15) is 0 Å². The molecule has 0 amide bonds. The van der Waals surface area contributed by atoms with Gasteiger partial charge in [0.15, 0.2) is 0 Å². The molecule has 0 bridgehead atoms. The van der Waals surface area contributed by atoms with Gasteiger partial charge >= 0.3 is 0 Å². The molecule has 1 nitrogen and oxygen atoms in total. The van der Waals surface area contributed by atoms with Crippen molar-refractivity contribution in [1.82, 2.24) is 0 Å². The van der Waals surface area contributed by atoms with Gasteiger partial charge in [-0.05, 0) is 35.0 Å². The molecule has 0 aromatic carbocycles. The second-order valence-electron chi connectivity index (χ2n) is 5.90. The Morgan fingerprint density at radius 1 is 1.08 bits per heavy atom. The van der Waals surface area contributed by atoms with Gasteiger partial charge in [0.25, 0.3) is 0 Å². The van der Waals surface area contributed by atoms with E-state index >= 15 is 0 Å². The lowest BCUT2D eigenvalue weighted by atomic mass is 9.94. The first kappa shape index (κ1) is 8.55. The average molecular weight is 168 g/mol. The maximum Gasteiger partial charge on any atom is 0.0490 e. The molecule has 0 radical (unpaired) electrons. The highest BCUT2D eigenvalue weighted by molar-refractivity contribution is 5.22. The minimum Gasteiger partial charge on any atom is -0.396 e. The maximum atomic E-state index is 9.33. The van der Waals surface area contributed by atoms with Crippen LogP contribution in [0.1, 0.15) is 40.5 Å². The minimum atomic E-state index is 0.326. The Morgan fingerprint density at radius 2 is 1.50 bits per heavy atom. The molecule has 0 saturated heterocycles. The molecule has 0 atom stereocenters. The zero-order valence-corrected chi connectivity index (χ0v) is 8.65. The van der Waals surface area contributed by atoms with Crippen LogP contribution >= 0.6 is 0 Å². The van der Waals surface area contributed by atoms with Gasteiger partial charge in [-0.25, -0.2) is 0 Å². The summed E-state index contributed by atoms with van der Waals surface area (Å²) in [6, 6.07) is 0. The van der Waals surface area contributed by atoms with Gasteiger partial charge < -0.3 is 5.11 Å². The lowest BCUT2D eigenvalue weighted by molar-refractivity contribution is 0.174. The Morgan fingerprint density at radius 3 is 1.58 bits per heavy atom. The molecule has 2 rings (SSSR count). The molecule has 2 aliphatic rings. The van der Waals surface area contributed by atoms with Crippen molar-refractivity contribution in [2.75, 3.05) is 6.61 Å². The van der Waals surface area contributed by atoms with Gasteiger partial charge in [0, 0.05) is 6.61 Å². The van der Waals surface area contributed by atoms with Crippen molar-refractivity contribution < 1.29 is 5.11 Å². The molecule has 1 heteroatoms. The van der Waals surface area contributed by atoms with E-state index in [9.17, 15) is 5.11 Å². The lowest BCUT2D eigenvalue weighted by Gasteiger charge is -2.13. The molecule has 0 aromatic heterocycles. The van der Waals surface area contributed by atoms with Crippen LogP contribution in [0.5, 0.6) is 0 Å². The fourth-order valence-corrected chi connectivity index (χ4v) is 3.43. The van der Waals surface area contributed by atoms with Crippen LogP contribution in [-0.4, -0.2) is 11.7 Å². The molecule has 0 unspecified atom stereocenters. The zero-order chi connectivity index (χ0) is 9.20. The molecule has 0 spiro atoms.